The summed E-state index contributed by atoms with van der Waals surface area (Å²) in [6.45, 7) is 6.74. The van der Waals surface area contributed by atoms with Gasteiger partial charge in [0.05, 0.1) is 19.1 Å². The minimum absolute atomic E-state index is 0.579. The fourth-order valence-electron chi connectivity index (χ4n) is 3.15. The summed E-state index contributed by atoms with van der Waals surface area (Å²) >= 11 is 5.72. The molecule has 4 rings (SSSR count). The second-order valence-corrected chi connectivity index (χ2v) is 7.41. The van der Waals surface area contributed by atoms with E-state index in [1.54, 1.807) is 17.1 Å². The van der Waals surface area contributed by atoms with Crippen LogP contribution in [-0.2, 0) is 6.67 Å². The van der Waals surface area contributed by atoms with Crippen molar-refractivity contribution in [2.75, 3.05) is 33.2 Å². The molecule has 1 saturated heterocycles. The topological polar surface area (TPSA) is 70.3 Å². The highest BCUT2D eigenvalue weighted by atomic mass is 32.1. The maximum absolute atomic E-state index is 5.72. The van der Waals surface area contributed by atoms with Crippen molar-refractivity contribution in [1.82, 2.24) is 34.5 Å². The van der Waals surface area contributed by atoms with Gasteiger partial charge in [0.15, 0.2) is 5.82 Å². The first-order valence-electron chi connectivity index (χ1n) is 9.32. The zero-order valence-corrected chi connectivity index (χ0v) is 16.9. The van der Waals surface area contributed by atoms with E-state index in [4.69, 9.17) is 17.3 Å². The van der Waals surface area contributed by atoms with Gasteiger partial charge in [0.25, 0.3) is 0 Å². The Kier molecular flexibility index (Phi) is 5.47. The fourth-order valence-corrected chi connectivity index (χ4v) is 3.38. The molecule has 0 radical (unpaired) electrons. The maximum atomic E-state index is 5.72. The van der Waals surface area contributed by atoms with Gasteiger partial charge in [0, 0.05) is 43.0 Å². The van der Waals surface area contributed by atoms with Gasteiger partial charge < -0.3 is 4.90 Å². The van der Waals surface area contributed by atoms with Crippen LogP contribution in [0.3, 0.4) is 0 Å². The first-order chi connectivity index (χ1) is 13.6. The second-order valence-electron chi connectivity index (χ2n) is 7.04. The third-order valence-corrected chi connectivity index (χ3v) is 5.34. The van der Waals surface area contributed by atoms with E-state index in [1.807, 2.05) is 41.9 Å². The number of aromatic amines is 1. The molecule has 9 heteroatoms. The molecule has 0 unspecified atom stereocenters. The Balaban J connectivity index is 1.69. The van der Waals surface area contributed by atoms with E-state index in [9.17, 15) is 0 Å². The van der Waals surface area contributed by atoms with Crippen molar-refractivity contribution in [1.29, 1.82) is 0 Å². The summed E-state index contributed by atoms with van der Waals surface area (Å²) in [5.41, 5.74) is 2.86. The van der Waals surface area contributed by atoms with Gasteiger partial charge in [-0.1, -0.05) is 30.3 Å². The van der Waals surface area contributed by atoms with E-state index in [0.29, 0.717) is 11.4 Å². The fraction of sp³-hybridized carbons (Fsp3) is 0.368. The van der Waals surface area contributed by atoms with Crippen LogP contribution in [0, 0.1) is 11.7 Å². The number of hydrogen-bond acceptors (Lipinski definition) is 6. The summed E-state index contributed by atoms with van der Waals surface area (Å²) in [7, 11) is 2.15. The highest BCUT2D eigenvalue weighted by molar-refractivity contribution is 7.71. The highest BCUT2D eigenvalue weighted by Gasteiger charge is 2.18. The largest absolute Gasteiger partial charge is 0.304 e. The van der Waals surface area contributed by atoms with Gasteiger partial charge >= 0.3 is 0 Å². The van der Waals surface area contributed by atoms with Crippen LogP contribution in [0.15, 0.2) is 41.6 Å². The summed E-state index contributed by atoms with van der Waals surface area (Å²) in [5.74, 6) is 0.733. The normalized spacial score (nSPS) is 16.2. The summed E-state index contributed by atoms with van der Waals surface area (Å²) < 4.78 is 4.17. The van der Waals surface area contributed by atoms with E-state index in [0.717, 1.165) is 48.8 Å². The predicted octanol–water partition coefficient (Wildman–Crippen LogP) is 2.20. The molecule has 0 bridgehead atoms. The maximum Gasteiger partial charge on any atom is 0.220 e. The van der Waals surface area contributed by atoms with Crippen molar-refractivity contribution in [3.05, 3.63) is 52.6 Å². The molecule has 0 amide bonds. The van der Waals surface area contributed by atoms with Crippen molar-refractivity contribution in [3.8, 4) is 11.4 Å². The minimum Gasteiger partial charge on any atom is -0.304 e. The van der Waals surface area contributed by atoms with Crippen LogP contribution in [0.4, 0.5) is 0 Å². The van der Waals surface area contributed by atoms with Crippen molar-refractivity contribution >= 4 is 18.4 Å². The molecule has 1 N–H and O–H groups in total. The lowest BCUT2D eigenvalue weighted by molar-refractivity contribution is 0.119. The van der Waals surface area contributed by atoms with Gasteiger partial charge in [-0.05, 0) is 26.2 Å². The second kappa shape index (κ2) is 8.17. The number of H-pyrrole nitrogens is 1. The number of aromatic nitrogens is 5. The van der Waals surface area contributed by atoms with Gasteiger partial charge in [-0.2, -0.15) is 14.9 Å². The number of nitrogens with one attached hydrogen (secondary N) is 1. The molecule has 3 heterocycles. The Morgan fingerprint density at radius 2 is 1.93 bits per heavy atom. The summed E-state index contributed by atoms with van der Waals surface area (Å²) in [5, 5.41) is 16.4. The molecule has 0 saturated carbocycles. The van der Waals surface area contributed by atoms with Crippen LogP contribution in [0.5, 0.6) is 0 Å². The lowest BCUT2D eigenvalue weighted by atomic mass is 10.2. The van der Waals surface area contributed by atoms with Crippen molar-refractivity contribution < 1.29 is 0 Å². The average molecular weight is 397 g/mol. The van der Waals surface area contributed by atoms with Crippen LogP contribution < -0.4 is 0 Å². The van der Waals surface area contributed by atoms with Gasteiger partial charge in [-0.3, -0.25) is 10.00 Å². The van der Waals surface area contributed by atoms with Crippen LogP contribution in [-0.4, -0.2) is 73.9 Å². The third-order valence-electron chi connectivity index (χ3n) is 4.96. The number of hydrogen-bond donors (Lipinski definition) is 1. The molecule has 1 fully saturated rings. The molecule has 1 aromatic carbocycles. The summed E-state index contributed by atoms with van der Waals surface area (Å²) in [4.78, 5) is 4.70. The van der Waals surface area contributed by atoms with Gasteiger partial charge in [0.1, 0.15) is 0 Å². The molecular weight excluding hydrogens is 372 g/mol. The molecular formula is C19H24N8S. The standard InChI is InChI=1S/C19H24N8S/c1-15-17(12-20-22-15)13-21-27-18(16-6-4-3-5-7-16)23-26(19(27)28)14-25-10-8-24(2)9-11-25/h3-7,12-13H,8-11,14H2,1-2H3,(H,20,22)/b21-13+. The number of likely N-dealkylation sites (N-methyl/N-ethyl adjacent to an activating group) is 1. The van der Waals surface area contributed by atoms with E-state index < -0.39 is 0 Å². The van der Waals surface area contributed by atoms with Crippen molar-refractivity contribution in [3.63, 3.8) is 0 Å². The van der Waals surface area contributed by atoms with Gasteiger partial charge in [0.2, 0.25) is 4.77 Å². The lowest BCUT2D eigenvalue weighted by Crippen LogP contribution is -2.45. The smallest absolute Gasteiger partial charge is 0.220 e. The first-order valence-corrected chi connectivity index (χ1v) is 9.73. The molecule has 1 aliphatic rings. The highest BCUT2D eigenvalue weighted by Crippen LogP contribution is 2.18. The lowest BCUT2D eigenvalue weighted by Gasteiger charge is -2.31. The van der Waals surface area contributed by atoms with Gasteiger partial charge in [-0.15, -0.1) is 5.10 Å². The molecule has 0 aliphatic carbocycles. The van der Waals surface area contributed by atoms with E-state index in [-0.39, 0.29) is 0 Å². The number of rotatable bonds is 5. The van der Waals surface area contributed by atoms with E-state index >= 15 is 0 Å². The molecule has 146 valence electrons. The Labute approximate surface area is 169 Å². The number of benzene rings is 1. The first kappa shape index (κ1) is 18.7. The number of nitrogens with zero attached hydrogens (tertiary/aromatic N) is 7. The SMILES string of the molecule is Cc1[nH]ncc1/C=N/n1c(-c2ccccc2)nn(CN2CCN(C)CC2)c1=S. The Morgan fingerprint density at radius 3 is 2.61 bits per heavy atom. The summed E-state index contributed by atoms with van der Waals surface area (Å²) in [6.07, 6.45) is 3.52. The van der Waals surface area contributed by atoms with Crippen LogP contribution in [0.2, 0.25) is 0 Å². The molecule has 8 nitrogen and oxygen atoms in total. The van der Waals surface area contributed by atoms with Crippen molar-refractivity contribution in [2.45, 2.75) is 13.6 Å². The Bertz CT molecular complexity index is 1010. The average Bonchev–Trinajstić information content (AvgIpc) is 3.26. The number of piperazine rings is 1. The van der Waals surface area contributed by atoms with Crippen molar-refractivity contribution in [2.24, 2.45) is 5.10 Å². The third kappa shape index (κ3) is 3.96. The molecule has 28 heavy (non-hydrogen) atoms. The minimum atomic E-state index is 0.579. The molecule has 0 spiro atoms. The van der Waals surface area contributed by atoms with Crippen LogP contribution in [0.25, 0.3) is 11.4 Å². The summed E-state index contributed by atoms with van der Waals surface area (Å²) in [6, 6.07) is 10.0. The van der Waals surface area contributed by atoms with E-state index in [1.165, 1.54) is 0 Å². The van der Waals surface area contributed by atoms with E-state index in [2.05, 4.69) is 32.1 Å². The molecule has 0 atom stereocenters. The molecule has 2 aromatic heterocycles. The van der Waals surface area contributed by atoms with Crippen LogP contribution in [0.1, 0.15) is 11.3 Å². The molecule has 1 aliphatic heterocycles. The van der Waals surface area contributed by atoms with Crippen LogP contribution >= 0.6 is 12.2 Å². The quantitative estimate of drug-likeness (QED) is 0.529. The molecule has 3 aromatic rings. The predicted molar refractivity (Wildman–Crippen MR) is 112 cm³/mol. The van der Waals surface area contributed by atoms with Gasteiger partial charge in [-0.25, -0.2) is 4.68 Å². The zero-order chi connectivity index (χ0) is 19.5. The Hall–Kier alpha value is -2.62. The Morgan fingerprint density at radius 1 is 1.18 bits per heavy atom. The monoisotopic (exact) mass is 396 g/mol. The zero-order valence-electron chi connectivity index (χ0n) is 16.1. The number of aryl methyl sites for hydroxylation is 1.